The molecule has 88 valence electrons. The van der Waals surface area contributed by atoms with Crippen molar-refractivity contribution in [1.29, 1.82) is 0 Å². The molecule has 2 aromatic heterocycles. The lowest BCUT2D eigenvalue weighted by molar-refractivity contribution is 0.379. The Morgan fingerprint density at radius 1 is 1.41 bits per heavy atom. The van der Waals surface area contributed by atoms with E-state index < -0.39 is 0 Å². The van der Waals surface area contributed by atoms with Crippen LogP contribution in [0.15, 0.2) is 23.4 Å². The Kier molecular flexibility index (Phi) is 3.55. The number of thiocarbonyl (C=S) groups is 1. The van der Waals surface area contributed by atoms with Gasteiger partial charge in [0, 0.05) is 19.2 Å². The third-order valence-electron chi connectivity index (χ3n) is 2.02. The van der Waals surface area contributed by atoms with Crippen LogP contribution in [0.3, 0.4) is 0 Å². The number of hydrogen-bond donors (Lipinski definition) is 2. The molecule has 0 saturated carbocycles. The zero-order valence-electron chi connectivity index (χ0n) is 8.83. The average molecular weight is 250 g/mol. The van der Waals surface area contributed by atoms with Gasteiger partial charge in [-0.3, -0.25) is 0 Å². The van der Waals surface area contributed by atoms with Crippen molar-refractivity contribution in [2.24, 2.45) is 5.73 Å². The Morgan fingerprint density at radius 3 is 3.00 bits per heavy atom. The first-order valence-electron chi connectivity index (χ1n) is 4.86. The van der Waals surface area contributed by atoms with Gasteiger partial charge < -0.3 is 15.6 Å². The summed E-state index contributed by atoms with van der Waals surface area (Å²) in [6.07, 6.45) is 4.96. The number of aromatic nitrogens is 4. The summed E-state index contributed by atoms with van der Waals surface area (Å²) in [5.74, 6) is 1.16. The Bertz CT molecular complexity index is 500. The van der Waals surface area contributed by atoms with Crippen LogP contribution in [0.1, 0.15) is 11.5 Å². The Balaban J connectivity index is 1.97. The molecule has 2 aromatic rings. The summed E-state index contributed by atoms with van der Waals surface area (Å²) in [6, 6.07) is 0. The highest BCUT2D eigenvalue weighted by molar-refractivity contribution is 7.80. The second-order valence-corrected chi connectivity index (χ2v) is 3.60. The van der Waals surface area contributed by atoms with E-state index in [1.54, 1.807) is 6.20 Å². The highest BCUT2D eigenvalue weighted by Crippen LogP contribution is 2.09. The molecule has 0 saturated heterocycles. The molecule has 0 aliphatic rings. The molecular weight excluding hydrogens is 240 g/mol. The molecule has 8 heteroatoms. The quantitative estimate of drug-likeness (QED) is 0.723. The number of nitrogens with two attached hydrogens (primary N) is 1. The summed E-state index contributed by atoms with van der Waals surface area (Å²) < 4.78 is 4.86. The number of anilines is 1. The summed E-state index contributed by atoms with van der Waals surface area (Å²) in [5.41, 5.74) is 6.17. The van der Waals surface area contributed by atoms with Gasteiger partial charge in [-0.05, 0) is 0 Å². The number of rotatable bonds is 5. The molecule has 0 bridgehead atoms. The molecule has 3 N–H and O–H groups in total. The van der Waals surface area contributed by atoms with Crippen LogP contribution < -0.4 is 11.1 Å². The van der Waals surface area contributed by atoms with E-state index in [4.69, 9.17) is 22.5 Å². The van der Waals surface area contributed by atoms with Crippen molar-refractivity contribution in [2.75, 3.05) is 11.9 Å². The van der Waals surface area contributed by atoms with Crippen LogP contribution in [0.2, 0.25) is 0 Å². The van der Waals surface area contributed by atoms with Gasteiger partial charge >= 0.3 is 0 Å². The number of hydrogen-bond acceptors (Lipinski definition) is 7. The summed E-state index contributed by atoms with van der Waals surface area (Å²) in [4.78, 5) is 12.1. The van der Waals surface area contributed by atoms with Gasteiger partial charge in [0.25, 0.3) is 0 Å². The van der Waals surface area contributed by atoms with Crippen molar-refractivity contribution >= 4 is 23.0 Å². The van der Waals surface area contributed by atoms with Gasteiger partial charge in [0.2, 0.25) is 5.89 Å². The fourth-order valence-electron chi connectivity index (χ4n) is 1.24. The molecule has 0 aliphatic carbocycles. The minimum absolute atomic E-state index is 0.255. The largest absolute Gasteiger partial charge is 0.389 e. The van der Waals surface area contributed by atoms with Crippen LogP contribution in [0.25, 0.3) is 0 Å². The lowest BCUT2D eigenvalue weighted by Crippen LogP contribution is -2.16. The van der Waals surface area contributed by atoms with Gasteiger partial charge in [-0.2, -0.15) is 4.98 Å². The molecule has 0 spiro atoms. The average Bonchev–Trinajstić information content (AvgIpc) is 2.82. The van der Waals surface area contributed by atoms with Crippen LogP contribution >= 0.6 is 12.2 Å². The van der Waals surface area contributed by atoms with Crippen molar-refractivity contribution in [2.45, 2.75) is 6.42 Å². The predicted octanol–water partition coefficient (Wildman–Crippen LogP) is 0.148. The summed E-state index contributed by atoms with van der Waals surface area (Å²) in [6.45, 7) is 0.592. The smallest absolute Gasteiger partial charge is 0.228 e. The van der Waals surface area contributed by atoms with Crippen LogP contribution in [-0.4, -0.2) is 31.6 Å². The molecule has 0 atom stereocenters. The lowest BCUT2D eigenvalue weighted by atomic mass is 10.3. The topological polar surface area (TPSA) is 103 Å². The summed E-state index contributed by atoms with van der Waals surface area (Å²) >= 11 is 4.90. The maximum absolute atomic E-state index is 5.55. The molecular formula is C9H10N6OS. The van der Waals surface area contributed by atoms with Gasteiger partial charge in [-0.25, -0.2) is 9.97 Å². The molecule has 0 radical (unpaired) electrons. The van der Waals surface area contributed by atoms with Crippen LogP contribution in [0, 0.1) is 0 Å². The predicted molar refractivity (Wildman–Crippen MR) is 64.4 cm³/mol. The molecule has 0 amide bonds. The molecule has 2 heterocycles. The van der Waals surface area contributed by atoms with Crippen LogP contribution in [-0.2, 0) is 6.42 Å². The van der Waals surface area contributed by atoms with E-state index in [0.717, 1.165) is 0 Å². The normalized spacial score (nSPS) is 10.1. The van der Waals surface area contributed by atoms with Crippen LogP contribution in [0.5, 0.6) is 0 Å². The fourth-order valence-corrected chi connectivity index (χ4v) is 1.39. The third kappa shape index (κ3) is 2.94. The second-order valence-electron chi connectivity index (χ2n) is 3.16. The van der Waals surface area contributed by atoms with E-state index in [1.807, 2.05) is 0 Å². The SMILES string of the molecule is NC(=S)c1cncnc1NCCc1ncno1. The Labute approximate surface area is 102 Å². The molecule has 17 heavy (non-hydrogen) atoms. The van der Waals surface area contributed by atoms with E-state index in [9.17, 15) is 0 Å². The minimum atomic E-state index is 0.255. The summed E-state index contributed by atoms with van der Waals surface area (Å²) in [7, 11) is 0. The highest BCUT2D eigenvalue weighted by atomic mass is 32.1. The van der Waals surface area contributed by atoms with Gasteiger partial charge in [0.1, 0.15) is 17.1 Å². The van der Waals surface area contributed by atoms with E-state index in [0.29, 0.717) is 30.2 Å². The van der Waals surface area contributed by atoms with Crippen molar-refractivity contribution < 1.29 is 4.52 Å². The molecule has 0 aliphatic heterocycles. The van der Waals surface area contributed by atoms with Gasteiger partial charge in [0.15, 0.2) is 6.33 Å². The van der Waals surface area contributed by atoms with Crippen LogP contribution in [0.4, 0.5) is 5.82 Å². The maximum atomic E-state index is 5.55. The van der Waals surface area contributed by atoms with Crippen molar-refractivity contribution in [3.8, 4) is 0 Å². The number of nitrogens with one attached hydrogen (secondary N) is 1. The van der Waals surface area contributed by atoms with Gasteiger partial charge in [-0.15, -0.1) is 0 Å². The zero-order chi connectivity index (χ0) is 12.1. The number of nitrogens with zero attached hydrogens (tertiary/aromatic N) is 4. The standard InChI is InChI=1S/C9H10N6OS/c10-8(17)6-3-11-4-14-9(6)12-2-1-7-13-5-15-16-7/h3-5H,1-2H2,(H2,10,17)(H,11,12,14). The minimum Gasteiger partial charge on any atom is -0.389 e. The Hall–Kier alpha value is -2.09. The third-order valence-corrected chi connectivity index (χ3v) is 2.24. The van der Waals surface area contributed by atoms with E-state index in [-0.39, 0.29) is 4.99 Å². The molecule has 7 nitrogen and oxygen atoms in total. The second kappa shape index (κ2) is 5.30. The van der Waals surface area contributed by atoms with Crippen molar-refractivity contribution in [1.82, 2.24) is 20.1 Å². The van der Waals surface area contributed by atoms with E-state index in [1.165, 1.54) is 12.7 Å². The Morgan fingerprint density at radius 2 is 2.29 bits per heavy atom. The molecule has 2 rings (SSSR count). The maximum Gasteiger partial charge on any atom is 0.228 e. The first-order valence-corrected chi connectivity index (χ1v) is 5.27. The summed E-state index contributed by atoms with van der Waals surface area (Å²) in [5, 5.41) is 6.60. The van der Waals surface area contributed by atoms with Crippen molar-refractivity contribution in [3.05, 3.63) is 30.3 Å². The lowest BCUT2D eigenvalue weighted by Gasteiger charge is -2.07. The first-order chi connectivity index (χ1) is 8.27. The molecule has 0 aromatic carbocycles. The van der Waals surface area contributed by atoms with Gasteiger partial charge in [0.05, 0.1) is 5.56 Å². The first kappa shape index (κ1) is 11.4. The van der Waals surface area contributed by atoms with E-state index in [2.05, 4.69) is 25.4 Å². The highest BCUT2D eigenvalue weighted by Gasteiger charge is 2.06. The molecule has 0 unspecified atom stereocenters. The van der Waals surface area contributed by atoms with Gasteiger partial charge in [-0.1, -0.05) is 17.4 Å². The fraction of sp³-hybridized carbons (Fsp3) is 0.222. The monoisotopic (exact) mass is 250 g/mol. The zero-order valence-corrected chi connectivity index (χ0v) is 9.65. The van der Waals surface area contributed by atoms with Crippen molar-refractivity contribution in [3.63, 3.8) is 0 Å². The molecule has 0 fully saturated rings. The van der Waals surface area contributed by atoms with E-state index >= 15 is 0 Å².